The van der Waals surface area contributed by atoms with Gasteiger partial charge >= 0.3 is 0 Å². The summed E-state index contributed by atoms with van der Waals surface area (Å²) in [6, 6.07) is 11.3. The summed E-state index contributed by atoms with van der Waals surface area (Å²) in [6.07, 6.45) is 2.04. The molecule has 4 rings (SSSR count). The van der Waals surface area contributed by atoms with E-state index in [0.717, 1.165) is 17.5 Å². The van der Waals surface area contributed by atoms with Crippen LogP contribution in [0.1, 0.15) is 23.2 Å². The van der Waals surface area contributed by atoms with Gasteiger partial charge in [0.15, 0.2) is 5.13 Å². The Bertz CT molecular complexity index is 1090. The maximum absolute atomic E-state index is 12.4. The Morgan fingerprint density at radius 1 is 1.15 bits per heavy atom. The number of carbonyl (C=O) groups is 1. The number of benzene rings is 2. The van der Waals surface area contributed by atoms with E-state index in [-0.39, 0.29) is 22.0 Å². The van der Waals surface area contributed by atoms with Gasteiger partial charge in [0.1, 0.15) is 0 Å². The lowest BCUT2D eigenvalue weighted by molar-refractivity contribution is 0.0951. The van der Waals surface area contributed by atoms with Gasteiger partial charge in [-0.05, 0) is 55.3 Å². The molecule has 1 saturated carbocycles. The van der Waals surface area contributed by atoms with Gasteiger partial charge in [-0.1, -0.05) is 22.9 Å². The van der Waals surface area contributed by atoms with E-state index in [0.29, 0.717) is 16.1 Å². The first-order chi connectivity index (χ1) is 12.4. The monoisotopic (exact) mass is 407 g/mol. The number of nitrogens with zero attached hydrogens (tertiary/aromatic N) is 1. The number of nitrogens with one attached hydrogen (secondary N) is 2. The first kappa shape index (κ1) is 17.3. The van der Waals surface area contributed by atoms with Crippen LogP contribution in [0.15, 0.2) is 47.4 Å². The van der Waals surface area contributed by atoms with Crippen molar-refractivity contribution in [3.05, 3.63) is 53.1 Å². The Morgan fingerprint density at radius 2 is 1.88 bits per heavy atom. The third-order valence-electron chi connectivity index (χ3n) is 3.91. The molecule has 26 heavy (non-hydrogen) atoms. The van der Waals surface area contributed by atoms with E-state index in [1.807, 2.05) is 0 Å². The Morgan fingerprint density at radius 3 is 2.58 bits per heavy atom. The highest BCUT2D eigenvalue weighted by molar-refractivity contribution is 7.93. The molecule has 0 radical (unpaired) electrons. The molecule has 1 heterocycles. The molecular formula is C17H14ClN3O3S2. The number of amides is 1. The molecule has 1 aliphatic rings. The van der Waals surface area contributed by atoms with E-state index in [1.54, 1.807) is 18.2 Å². The molecule has 0 bridgehead atoms. The fourth-order valence-corrected chi connectivity index (χ4v) is 4.66. The minimum Gasteiger partial charge on any atom is -0.349 e. The van der Waals surface area contributed by atoms with Crippen molar-refractivity contribution in [2.24, 2.45) is 0 Å². The smallest absolute Gasteiger partial charge is 0.263 e. The van der Waals surface area contributed by atoms with Gasteiger partial charge in [0.2, 0.25) is 0 Å². The molecule has 2 aromatic carbocycles. The normalized spacial score (nSPS) is 14.3. The number of halogens is 1. The summed E-state index contributed by atoms with van der Waals surface area (Å²) in [5.74, 6) is -0.119. The average Bonchev–Trinajstić information content (AvgIpc) is 3.31. The molecular weight excluding hydrogens is 394 g/mol. The van der Waals surface area contributed by atoms with E-state index in [2.05, 4.69) is 15.0 Å². The van der Waals surface area contributed by atoms with Crippen LogP contribution >= 0.6 is 22.9 Å². The zero-order valence-corrected chi connectivity index (χ0v) is 15.8. The lowest BCUT2D eigenvalue weighted by Crippen LogP contribution is -2.25. The Balaban J connectivity index is 1.58. The van der Waals surface area contributed by atoms with E-state index < -0.39 is 10.0 Å². The van der Waals surface area contributed by atoms with Crippen LogP contribution in [0.2, 0.25) is 5.02 Å². The minimum atomic E-state index is -3.75. The number of carbonyl (C=O) groups excluding carboxylic acids is 1. The molecule has 0 atom stereocenters. The zero-order valence-electron chi connectivity index (χ0n) is 13.4. The fourth-order valence-electron chi connectivity index (χ4n) is 2.39. The highest BCUT2D eigenvalue weighted by Crippen LogP contribution is 2.29. The average molecular weight is 408 g/mol. The molecule has 3 aromatic rings. The van der Waals surface area contributed by atoms with Crippen LogP contribution in [-0.4, -0.2) is 25.4 Å². The Kier molecular flexibility index (Phi) is 4.34. The third-order valence-corrected chi connectivity index (χ3v) is 6.58. The Labute approximate surface area is 159 Å². The Hall–Kier alpha value is -2.16. The van der Waals surface area contributed by atoms with Gasteiger partial charge in [0, 0.05) is 16.6 Å². The maximum Gasteiger partial charge on any atom is 0.263 e. The van der Waals surface area contributed by atoms with Gasteiger partial charge in [-0.2, -0.15) is 0 Å². The van der Waals surface area contributed by atoms with Crippen molar-refractivity contribution >= 4 is 54.2 Å². The summed E-state index contributed by atoms with van der Waals surface area (Å²) in [5, 5.41) is 3.63. The summed E-state index contributed by atoms with van der Waals surface area (Å²) >= 11 is 6.97. The number of hydrogen-bond donors (Lipinski definition) is 2. The highest BCUT2D eigenvalue weighted by Gasteiger charge is 2.24. The topological polar surface area (TPSA) is 88.2 Å². The van der Waals surface area contributed by atoms with Crippen molar-refractivity contribution in [3.63, 3.8) is 0 Å². The molecule has 0 saturated heterocycles. The van der Waals surface area contributed by atoms with Crippen LogP contribution in [0.5, 0.6) is 0 Å². The number of rotatable bonds is 5. The number of thiazole rings is 1. The molecule has 134 valence electrons. The van der Waals surface area contributed by atoms with Crippen LogP contribution < -0.4 is 10.0 Å². The van der Waals surface area contributed by atoms with Gasteiger partial charge < -0.3 is 5.32 Å². The summed E-state index contributed by atoms with van der Waals surface area (Å²) in [7, 11) is -3.75. The second kappa shape index (κ2) is 6.53. The summed E-state index contributed by atoms with van der Waals surface area (Å²) in [4.78, 5) is 16.5. The SMILES string of the molecule is O=C(NC1CC1)c1ccc2nc(NS(=O)(=O)c3ccc(Cl)cc3)sc2c1. The first-order valence-electron chi connectivity index (χ1n) is 7.90. The highest BCUT2D eigenvalue weighted by atomic mass is 35.5. The predicted molar refractivity (Wildman–Crippen MR) is 102 cm³/mol. The van der Waals surface area contributed by atoms with Crippen LogP contribution in [0, 0.1) is 0 Å². The molecule has 6 nitrogen and oxygen atoms in total. The molecule has 9 heteroatoms. The minimum absolute atomic E-state index is 0.102. The third kappa shape index (κ3) is 3.67. The second-order valence-electron chi connectivity index (χ2n) is 6.01. The molecule has 1 amide bonds. The summed E-state index contributed by atoms with van der Waals surface area (Å²) in [6.45, 7) is 0. The van der Waals surface area contributed by atoms with Crippen molar-refractivity contribution in [1.29, 1.82) is 0 Å². The van der Waals surface area contributed by atoms with Gasteiger partial charge in [-0.25, -0.2) is 13.4 Å². The lowest BCUT2D eigenvalue weighted by atomic mass is 10.2. The zero-order chi connectivity index (χ0) is 18.3. The first-order valence-corrected chi connectivity index (χ1v) is 10.6. The number of sulfonamides is 1. The van der Waals surface area contributed by atoms with E-state index >= 15 is 0 Å². The van der Waals surface area contributed by atoms with Crippen molar-refractivity contribution in [2.45, 2.75) is 23.8 Å². The lowest BCUT2D eigenvalue weighted by Gasteiger charge is -2.04. The van der Waals surface area contributed by atoms with Crippen LogP contribution in [0.25, 0.3) is 10.2 Å². The summed E-state index contributed by atoms with van der Waals surface area (Å²) < 4.78 is 28.1. The van der Waals surface area contributed by atoms with E-state index in [1.165, 1.54) is 35.6 Å². The van der Waals surface area contributed by atoms with Crippen LogP contribution in [0.4, 0.5) is 5.13 Å². The van der Waals surface area contributed by atoms with Crippen molar-refractivity contribution < 1.29 is 13.2 Å². The molecule has 2 N–H and O–H groups in total. The van der Waals surface area contributed by atoms with Crippen molar-refractivity contribution in [2.75, 3.05) is 4.72 Å². The molecule has 1 aliphatic carbocycles. The molecule has 0 unspecified atom stereocenters. The van der Waals surface area contributed by atoms with Gasteiger partial charge in [-0.15, -0.1) is 0 Å². The number of fused-ring (bicyclic) bond motifs is 1. The van der Waals surface area contributed by atoms with Crippen LogP contribution in [0.3, 0.4) is 0 Å². The molecule has 0 aliphatic heterocycles. The van der Waals surface area contributed by atoms with E-state index in [9.17, 15) is 13.2 Å². The van der Waals surface area contributed by atoms with Crippen molar-refractivity contribution in [3.8, 4) is 0 Å². The largest absolute Gasteiger partial charge is 0.349 e. The molecule has 0 spiro atoms. The standard InChI is InChI=1S/C17H14ClN3O3S2/c18-11-2-6-13(7-3-11)26(23,24)21-17-20-14-8-1-10(9-15(14)25-17)16(22)19-12-4-5-12/h1-3,6-9,12H,4-5H2,(H,19,22)(H,20,21). The number of anilines is 1. The van der Waals surface area contributed by atoms with Crippen LogP contribution in [-0.2, 0) is 10.0 Å². The van der Waals surface area contributed by atoms with E-state index in [4.69, 9.17) is 11.6 Å². The van der Waals surface area contributed by atoms with Crippen molar-refractivity contribution in [1.82, 2.24) is 10.3 Å². The predicted octanol–water partition coefficient (Wildman–Crippen LogP) is 3.64. The second-order valence-corrected chi connectivity index (χ2v) is 9.16. The van der Waals surface area contributed by atoms with Gasteiger partial charge in [0.05, 0.1) is 15.1 Å². The molecule has 1 fully saturated rings. The maximum atomic E-state index is 12.4. The number of hydrogen-bond acceptors (Lipinski definition) is 5. The van der Waals surface area contributed by atoms with Gasteiger partial charge in [-0.3, -0.25) is 9.52 Å². The van der Waals surface area contributed by atoms with Gasteiger partial charge in [0.25, 0.3) is 15.9 Å². The quantitative estimate of drug-likeness (QED) is 0.675. The summed E-state index contributed by atoms with van der Waals surface area (Å²) in [5.41, 5.74) is 1.17. The number of aromatic nitrogens is 1. The molecule has 1 aromatic heterocycles. The fraction of sp³-hybridized carbons (Fsp3) is 0.176.